The average molecular weight is 295 g/mol. The zero-order valence-corrected chi connectivity index (χ0v) is 13.2. The summed E-state index contributed by atoms with van der Waals surface area (Å²) in [7, 11) is 0. The second-order valence-corrected chi connectivity index (χ2v) is 6.61. The van der Waals surface area contributed by atoms with Gasteiger partial charge < -0.3 is 19.9 Å². The molecule has 1 aliphatic carbocycles. The van der Waals surface area contributed by atoms with Crippen molar-refractivity contribution in [1.82, 2.24) is 15.8 Å². The molecule has 1 aromatic heterocycles. The molecule has 6 heteroatoms. The minimum Gasteiger partial charge on any atom is -0.444 e. The molecular formula is C15H25N3O3. The average Bonchev–Trinajstić information content (AvgIpc) is 2.93. The topological polar surface area (TPSA) is 76.4 Å². The van der Waals surface area contributed by atoms with E-state index in [9.17, 15) is 4.79 Å². The number of nitrogens with one attached hydrogen (secondary N) is 2. The van der Waals surface area contributed by atoms with E-state index in [4.69, 9.17) is 9.26 Å². The van der Waals surface area contributed by atoms with Crippen LogP contribution in [0.3, 0.4) is 0 Å². The van der Waals surface area contributed by atoms with Crippen LogP contribution in [-0.4, -0.2) is 28.9 Å². The molecule has 2 rings (SSSR count). The van der Waals surface area contributed by atoms with Crippen LogP contribution in [0.2, 0.25) is 0 Å². The first kappa shape index (κ1) is 15.8. The predicted octanol–water partition coefficient (Wildman–Crippen LogP) is 2.52. The molecule has 6 nitrogen and oxygen atoms in total. The molecule has 118 valence electrons. The maximum atomic E-state index is 11.8. The van der Waals surface area contributed by atoms with Crippen molar-refractivity contribution < 1.29 is 14.1 Å². The van der Waals surface area contributed by atoms with Crippen molar-refractivity contribution in [3.63, 3.8) is 0 Å². The highest BCUT2D eigenvalue weighted by Crippen LogP contribution is 2.20. The van der Waals surface area contributed by atoms with Crippen molar-refractivity contribution in [2.45, 2.75) is 71.2 Å². The highest BCUT2D eigenvalue weighted by atomic mass is 16.6. The van der Waals surface area contributed by atoms with Crippen LogP contribution in [0.4, 0.5) is 4.79 Å². The molecule has 0 saturated heterocycles. The summed E-state index contributed by atoms with van der Waals surface area (Å²) < 4.78 is 10.5. The van der Waals surface area contributed by atoms with E-state index in [2.05, 4.69) is 15.8 Å². The monoisotopic (exact) mass is 295 g/mol. The SMILES string of the molecule is Cc1cc(CN[C@@H]2CCC[C@H]2NC(=O)OC(C)(C)C)on1. The Morgan fingerprint density at radius 3 is 2.76 bits per heavy atom. The lowest BCUT2D eigenvalue weighted by Crippen LogP contribution is -2.47. The molecule has 2 atom stereocenters. The fraction of sp³-hybridized carbons (Fsp3) is 0.733. The largest absolute Gasteiger partial charge is 0.444 e. The number of alkyl carbamates (subject to hydrolysis) is 1. The molecule has 0 aromatic carbocycles. The van der Waals surface area contributed by atoms with Crippen molar-refractivity contribution >= 4 is 6.09 Å². The molecule has 1 aromatic rings. The second-order valence-electron chi connectivity index (χ2n) is 6.61. The summed E-state index contributed by atoms with van der Waals surface area (Å²) in [4.78, 5) is 11.8. The van der Waals surface area contributed by atoms with E-state index < -0.39 is 5.60 Å². The highest BCUT2D eigenvalue weighted by Gasteiger charge is 2.30. The summed E-state index contributed by atoms with van der Waals surface area (Å²) >= 11 is 0. The first-order valence-electron chi connectivity index (χ1n) is 7.48. The Balaban J connectivity index is 1.81. The maximum Gasteiger partial charge on any atom is 0.407 e. The van der Waals surface area contributed by atoms with Crippen LogP contribution >= 0.6 is 0 Å². The molecule has 1 saturated carbocycles. The van der Waals surface area contributed by atoms with Crippen molar-refractivity contribution in [2.24, 2.45) is 0 Å². The number of ether oxygens (including phenoxy) is 1. The molecule has 1 amide bonds. The third kappa shape index (κ3) is 5.04. The van der Waals surface area contributed by atoms with Gasteiger partial charge in [0.1, 0.15) is 5.60 Å². The molecule has 0 aliphatic heterocycles. The van der Waals surface area contributed by atoms with Gasteiger partial charge in [0, 0.05) is 18.2 Å². The number of carbonyl (C=O) groups excluding carboxylic acids is 1. The summed E-state index contributed by atoms with van der Waals surface area (Å²) in [6, 6.07) is 2.25. The Labute approximate surface area is 125 Å². The van der Waals surface area contributed by atoms with Crippen LogP contribution in [0.15, 0.2) is 10.6 Å². The van der Waals surface area contributed by atoms with Gasteiger partial charge in [0.05, 0.1) is 12.2 Å². The number of nitrogens with zero attached hydrogens (tertiary/aromatic N) is 1. The lowest BCUT2D eigenvalue weighted by atomic mass is 10.1. The van der Waals surface area contributed by atoms with Crippen LogP contribution in [0.25, 0.3) is 0 Å². The summed E-state index contributed by atoms with van der Waals surface area (Å²) in [5.74, 6) is 0.815. The summed E-state index contributed by atoms with van der Waals surface area (Å²) in [6.07, 6.45) is 2.74. The van der Waals surface area contributed by atoms with Crippen LogP contribution in [-0.2, 0) is 11.3 Å². The quantitative estimate of drug-likeness (QED) is 0.892. The van der Waals surface area contributed by atoms with E-state index >= 15 is 0 Å². The van der Waals surface area contributed by atoms with Crippen molar-refractivity contribution in [3.05, 3.63) is 17.5 Å². The van der Waals surface area contributed by atoms with E-state index in [1.54, 1.807) is 0 Å². The first-order valence-corrected chi connectivity index (χ1v) is 7.48. The van der Waals surface area contributed by atoms with Crippen molar-refractivity contribution in [2.75, 3.05) is 0 Å². The summed E-state index contributed by atoms with van der Waals surface area (Å²) in [5.41, 5.74) is 0.407. The maximum absolute atomic E-state index is 11.8. The minimum absolute atomic E-state index is 0.101. The van der Waals surface area contributed by atoms with Gasteiger partial charge in [0.2, 0.25) is 0 Å². The zero-order valence-electron chi connectivity index (χ0n) is 13.2. The Morgan fingerprint density at radius 1 is 1.43 bits per heavy atom. The number of rotatable bonds is 4. The fourth-order valence-electron chi connectivity index (χ4n) is 2.57. The number of amides is 1. The van der Waals surface area contributed by atoms with Gasteiger partial charge >= 0.3 is 6.09 Å². The third-order valence-corrected chi connectivity index (χ3v) is 3.43. The van der Waals surface area contributed by atoms with Crippen LogP contribution < -0.4 is 10.6 Å². The van der Waals surface area contributed by atoms with Crippen LogP contribution in [0.1, 0.15) is 51.5 Å². The number of aryl methyl sites for hydroxylation is 1. The second kappa shape index (κ2) is 6.47. The molecule has 0 spiro atoms. The molecule has 1 heterocycles. The zero-order chi connectivity index (χ0) is 15.5. The van der Waals surface area contributed by atoms with Crippen molar-refractivity contribution in [3.8, 4) is 0 Å². The predicted molar refractivity (Wildman–Crippen MR) is 78.9 cm³/mol. The van der Waals surface area contributed by atoms with E-state index in [-0.39, 0.29) is 18.2 Å². The minimum atomic E-state index is -0.469. The van der Waals surface area contributed by atoms with Crippen LogP contribution in [0.5, 0.6) is 0 Å². The Kier molecular flexibility index (Phi) is 4.88. The van der Waals surface area contributed by atoms with E-state index in [1.165, 1.54) is 0 Å². The molecule has 1 aliphatic rings. The van der Waals surface area contributed by atoms with E-state index in [0.717, 1.165) is 30.7 Å². The molecule has 0 bridgehead atoms. The first-order chi connectivity index (χ1) is 9.83. The number of hydrogen-bond donors (Lipinski definition) is 2. The van der Waals surface area contributed by atoms with Gasteiger partial charge in [-0.05, 0) is 47.0 Å². The van der Waals surface area contributed by atoms with Gasteiger partial charge in [-0.3, -0.25) is 0 Å². The Bertz CT molecular complexity index is 479. The summed E-state index contributed by atoms with van der Waals surface area (Å²) in [5, 5.41) is 10.2. The number of carbonyl (C=O) groups is 1. The van der Waals surface area contributed by atoms with Gasteiger partial charge in [-0.2, -0.15) is 0 Å². The molecule has 21 heavy (non-hydrogen) atoms. The van der Waals surface area contributed by atoms with Crippen molar-refractivity contribution in [1.29, 1.82) is 0 Å². The molecule has 0 unspecified atom stereocenters. The Morgan fingerprint density at radius 2 is 2.14 bits per heavy atom. The van der Waals surface area contributed by atoms with Gasteiger partial charge in [-0.1, -0.05) is 5.16 Å². The number of aromatic nitrogens is 1. The Hall–Kier alpha value is -1.56. The molecule has 0 radical (unpaired) electrons. The number of hydrogen-bond acceptors (Lipinski definition) is 5. The standard InChI is InChI=1S/C15H25N3O3/c1-10-8-11(21-18-10)9-16-12-6-5-7-13(12)17-14(19)20-15(2,3)4/h8,12-13,16H,5-7,9H2,1-4H3,(H,17,19)/t12-,13-/m1/s1. The molecule has 1 fully saturated rings. The smallest absolute Gasteiger partial charge is 0.407 e. The van der Waals surface area contributed by atoms with Gasteiger partial charge in [0.15, 0.2) is 5.76 Å². The third-order valence-electron chi connectivity index (χ3n) is 3.43. The normalized spacial score (nSPS) is 22.3. The van der Waals surface area contributed by atoms with Gasteiger partial charge in [-0.25, -0.2) is 4.79 Å². The van der Waals surface area contributed by atoms with Gasteiger partial charge in [-0.15, -0.1) is 0 Å². The van der Waals surface area contributed by atoms with Gasteiger partial charge in [0.25, 0.3) is 0 Å². The lowest BCUT2D eigenvalue weighted by molar-refractivity contribution is 0.0498. The molecule has 2 N–H and O–H groups in total. The van der Waals surface area contributed by atoms with E-state index in [0.29, 0.717) is 6.54 Å². The fourth-order valence-corrected chi connectivity index (χ4v) is 2.57. The lowest BCUT2D eigenvalue weighted by Gasteiger charge is -2.25. The molecular weight excluding hydrogens is 270 g/mol. The van der Waals surface area contributed by atoms with Crippen LogP contribution in [0, 0.1) is 6.92 Å². The van der Waals surface area contributed by atoms with E-state index in [1.807, 2.05) is 33.8 Å². The highest BCUT2D eigenvalue weighted by molar-refractivity contribution is 5.68. The summed E-state index contributed by atoms with van der Waals surface area (Å²) in [6.45, 7) is 8.11.